The SMILES string of the molecule is CCC1C(=O)NCCN1c1nc(N)cn2ccnc12. The van der Waals surface area contributed by atoms with Crippen LogP contribution in [0, 0.1) is 0 Å². The van der Waals surface area contributed by atoms with E-state index in [2.05, 4.69) is 15.3 Å². The van der Waals surface area contributed by atoms with E-state index in [9.17, 15) is 4.79 Å². The van der Waals surface area contributed by atoms with Crippen LogP contribution < -0.4 is 16.0 Å². The Morgan fingerprint density at radius 1 is 1.58 bits per heavy atom. The van der Waals surface area contributed by atoms with Crippen LogP contribution in [-0.2, 0) is 4.79 Å². The van der Waals surface area contributed by atoms with Crippen molar-refractivity contribution in [2.24, 2.45) is 0 Å². The van der Waals surface area contributed by atoms with Gasteiger partial charge in [-0.05, 0) is 6.42 Å². The van der Waals surface area contributed by atoms with Gasteiger partial charge in [-0.15, -0.1) is 0 Å². The number of anilines is 2. The van der Waals surface area contributed by atoms with Crippen molar-refractivity contribution in [3.63, 3.8) is 0 Å². The zero-order chi connectivity index (χ0) is 13.4. The lowest BCUT2D eigenvalue weighted by atomic mass is 10.1. The number of carbonyl (C=O) groups is 1. The fourth-order valence-corrected chi connectivity index (χ4v) is 2.50. The third-order valence-corrected chi connectivity index (χ3v) is 3.36. The standard InChI is InChI=1S/C12H16N6O/c1-2-8-12(19)15-4-6-18(8)11-10-14-3-5-17(10)7-9(13)16-11/h3,5,7-8H,2,4,6,13H2,1H3,(H,15,19). The average molecular weight is 260 g/mol. The van der Waals surface area contributed by atoms with Crippen molar-refractivity contribution in [3.8, 4) is 0 Å². The summed E-state index contributed by atoms with van der Waals surface area (Å²) in [5.41, 5.74) is 6.55. The summed E-state index contributed by atoms with van der Waals surface area (Å²) in [5, 5.41) is 2.87. The number of amides is 1. The predicted molar refractivity (Wildman–Crippen MR) is 71.8 cm³/mol. The molecule has 0 saturated carbocycles. The first-order valence-corrected chi connectivity index (χ1v) is 6.34. The normalized spacial score (nSPS) is 19.7. The predicted octanol–water partition coefficient (Wildman–Crippen LogP) is 0.0263. The first kappa shape index (κ1) is 11.8. The summed E-state index contributed by atoms with van der Waals surface area (Å²) >= 11 is 0. The summed E-state index contributed by atoms with van der Waals surface area (Å²) in [7, 11) is 0. The van der Waals surface area contributed by atoms with Gasteiger partial charge in [0.1, 0.15) is 11.9 Å². The summed E-state index contributed by atoms with van der Waals surface area (Å²) in [6.45, 7) is 3.31. The van der Waals surface area contributed by atoms with E-state index < -0.39 is 0 Å². The summed E-state index contributed by atoms with van der Waals surface area (Å²) in [6, 6.07) is -0.219. The first-order valence-electron chi connectivity index (χ1n) is 6.34. The van der Waals surface area contributed by atoms with Gasteiger partial charge in [-0.2, -0.15) is 0 Å². The maximum absolute atomic E-state index is 11.9. The van der Waals surface area contributed by atoms with E-state index in [1.165, 1.54) is 0 Å². The summed E-state index contributed by atoms with van der Waals surface area (Å²) in [4.78, 5) is 22.6. The highest BCUT2D eigenvalue weighted by molar-refractivity contribution is 5.87. The van der Waals surface area contributed by atoms with Crippen LogP contribution in [0.15, 0.2) is 18.6 Å². The van der Waals surface area contributed by atoms with Crippen LogP contribution in [0.2, 0.25) is 0 Å². The number of piperazine rings is 1. The Morgan fingerprint density at radius 2 is 2.42 bits per heavy atom. The molecule has 3 heterocycles. The molecule has 0 bridgehead atoms. The molecule has 100 valence electrons. The molecule has 0 radical (unpaired) electrons. The topological polar surface area (TPSA) is 88.5 Å². The fraction of sp³-hybridized carbons (Fsp3) is 0.417. The number of nitrogens with two attached hydrogens (primary N) is 1. The van der Waals surface area contributed by atoms with Gasteiger partial charge in [-0.3, -0.25) is 4.79 Å². The van der Waals surface area contributed by atoms with Gasteiger partial charge in [0.05, 0.1) is 6.20 Å². The number of carbonyl (C=O) groups excluding carboxylic acids is 1. The number of hydrogen-bond acceptors (Lipinski definition) is 5. The third kappa shape index (κ3) is 1.87. The van der Waals surface area contributed by atoms with Crippen molar-refractivity contribution < 1.29 is 4.79 Å². The highest BCUT2D eigenvalue weighted by atomic mass is 16.2. The minimum atomic E-state index is -0.219. The molecule has 1 aliphatic heterocycles. The Kier molecular flexibility index (Phi) is 2.73. The number of imidazole rings is 1. The Hall–Kier alpha value is -2.31. The second-order valence-corrected chi connectivity index (χ2v) is 4.56. The molecule has 0 spiro atoms. The monoisotopic (exact) mass is 260 g/mol. The van der Waals surface area contributed by atoms with Crippen molar-refractivity contribution in [1.29, 1.82) is 0 Å². The lowest BCUT2D eigenvalue weighted by molar-refractivity contribution is -0.123. The molecule has 7 nitrogen and oxygen atoms in total. The van der Waals surface area contributed by atoms with Crippen LogP contribution in [-0.4, -0.2) is 39.4 Å². The van der Waals surface area contributed by atoms with Crippen molar-refractivity contribution in [3.05, 3.63) is 18.6 Å². The number of nitrogens with zero attached hydrogens (tertiary/aromatic N) is 4. The molecule has 3 N–H and O–H groups in total. The molecule has 1 amide bonds. The molecule has 1 aliphatic rings. The largest absolute Gasteiger partial charge is 0.382 e. The van der Waals surface area contributed by atoms with Crippen LogP contribution in [0.4, 0.5) is 11.6 Å². The van der Waals surface area contributed by atoms with Gasteiger partial charge in [0.2, 0.25) is 5.91 Å². The van der Waals surface area contributed by atoms with Gasteiger partial charge in [0.25, 0.3) is 0 Å². The van der Waals surface area contributed by atoms with E-state index in [4.69, 9.17) is 5.73 Å². The summed E-state index contributed by atoms with van der Waals surface area (Å²) in [5.74, 6) is 1.12. The Morgan fingerprint density at radius 3 is 3.21 bits per heavy atom. The molecule has 1 atom stereocenters. The molecule has 19 heavy (non-hydrogen) atoms. The van der Waals surface area contributed by atoms with Crippen molar-refractivity contribution >= 4 is 23.2 Å². The van der Waals surface area contributed by atoms with Gasteiger partial charge in [0.15, 0.2) is 11.5 Å². The second kappa shape index (κ2) is 4.42. The molecule has 2 aromatic heterocycles. The van der Waals surface area contributed by atoms with E-state index >= 15 is 0 Å². The minimum absolute atomic E-state index is 0.0303. The number of nitrogens with one attached hydrogen (secondary N) is 1. The molecule has 0 aromatic carbocycles. The van der Waals surface area contributed by atoms with Crippen LogP contribution >= 0.6 is 0 Å². The number of rotatable bonds is 2. The molecule has 1 fully saturated rings. The molecule has 2 aromatic rings. The molecule has 7 heteroatoms. The highest BCUT2D eigenvalue weighted by Gasteiger charge is 2.30. The third-order valence-electron chi connectivity index (χ3n) is 3.36. The maximum atomic E-state index is 11.9. The molecule has 1 saturated heterocycles. The summed E-state index contributed by atoms with van der Waals surface area (Å²) < 4.78 is 1.83. The first-order chi connectivity index (χ1) is 9.20. The Bertz CT molecular complexity index is 622. The zero-order valence-corrected chi connectivity index (χ0v) is 10.7. The number of hydrogen-bond donors (Lipinski definition) is 2. The van der Waals surface area contributed by atoms with E-state index in [0.717, 1.165) is 12.1 Å². The smallest absolute Gasteiger partial charge is 0.242 e. The Labute approximate surface area is 110 Å². The molecular weight excluding hydrogens is 244 g/mol. The van der Waals surface area contributed by atoms with Gasteiger partial charge < -0.3 is 20.4 Å². The highest BCUT2D eigenvalue weighted by Crippen LogP contribution is 2.23. The van der Waals surface area contributed by atoms with Crippen molar-refractivity contribution in [2.45, 2.75) is 19.4 Å². The summed E-state index contributed by atoms with van der Waals surface area (Å²) in [6.07, 6.45) is 5.96. The van der Waals surface area contributed by atoms with Gasteiger partial charge in [-0.1, -0.05) is 6.92 Å². The number of aromatic nitrogens is 3. The van der Waals surface area contributed by atoms with Crippen LogP contribution in [0.1, 0.15) is 13.3 Å². The van der Waals surface area contributed by atoms with Crippen LogP contribution in [0.5, 0.6) is 0 Å². The van der Waals surface area contributed by atoms with Crippen molar-refractivity contribution in [1.82, 2.24) is 19.7 Å². The van der Waals surface area contributed by atoms with Gasteiger partial charge in [0, 0.05) is 25.5 Å². The number of fused-ring (bicyclic) bond motifs is 1. The molecule has 3 rings (SSSR count). The van der Waals surface area contributed by atoms with E-state index in [1.54, 1.807) is 12.4 Å². The number of nitrogen functional groups attached to an aromatic ring is 1. The van der Waals surface area contributed by atoms with Crippen molar-refractivity contribution in [2.75, 3.05) is 23.7 Å². The fourth-order valence-electron chi connectivity index (χ4n) is 2.50. The van der Waals surface area contributed by atoms with Gasteiger partial charge >= 0.3 is 0 Å². The lowest BCUT2D eigenvalue weighted by Gasteiger charge is -2.35. The van der Waals surface area contributed by atoms with Crippen LogP contribution in [0.3, 0.4) is 0 Å². The van der Waals surface area contributed by atoms with E-state index in [0.29, 0.717) is 24.7 Å². The average Bonchev–Trinajstić information content (AvgIpc) is 2.85. The minimum Gasteiger partial charge on any atom is -0.382 e. The lowest BCUT2D eigenvalue weighted by Crippen LogP contribution is -2.55. The van der Waals surface area contributed by atoms with E-state index in [1.807, 2.05) is 22.4 Å². The van der Waals surface area contributed by atoms with Crippen LogP contribution in [0.25, 0.3) is 5.65 Å². The molecule has 0 aliphatic carbocycles. The van der Waals surface area contributed by atoms with Gasteiger partial charge in [-0.25, -0.2) is 9.97 Å². The molecule has 1 unspecified atom stereocenters. The second-order valence-electron chi connectivity index (χ2n) is 4.56. The Balaban J connectivity index is 2.11. The molecular formula is C12H16N6O. The maximum Gasteiger partial charge on any atom is 0.242 e. The zero-order valence-electron chi connectivity index (χ0n) is 10.7. The van der Waals surface area contributed by atoms with E-state index in [-0.39, 0.29) is 11.9 Å². The quantitative estimate of drug-likeness (QED) is 0.795.